The third-order valence-electron chi connectivity index (χ3n) is 1.20. The van der Waals surface area contributed by atoms with Crippen molar-refractivity contribution in [2.24, 2.45) is 5.73 Å². The van der Waals surface area contributed by atoms with Crippen LogP contribution in [0.3, 0.4) is 0 Å². The standard InChI is InChI=1S/C6H8NO2S/c7-4-1-2-10-5(4)3-6(8)9/h1-2,4H,3,7H2,(H,8,9). The summed E-state index contributed by atoms with van der Waals surface area (Å²) < 4.78 is 0. The predicted octanol–water partition coefficient (Wildman–Crippen LogP) is 0.581. The summed E-state index contributed by atoms with van der Waals surface area (Å²) in [6.45, 7) is 0. The van der Waals surface area contributed by atoms with Gasteiger partial charge in [-0.25, -0.2) is 0 Å². The molecule has 0 bridgehead atoms. The Hall–Kier alpha value is -0.480. The van der Waals surface area contributed by atoms with Crippen molar-refractivity contribution >= 4 is 17.7 Å². The summed E-state index contributed by atoms with van der Waals surface area (Å²) in [4.78, 5) is 10.2. The van der Waals surface area contributed by atoms with Crippen LogP contribution >= 0.6 is 11.8 Å². The molecule has 0 aromatic carbocycles. The van der Waals surface area contributed by atoms with E-state index in [2.05, 4.69) is 0 Å². The van der Waals surface area contributed by atoms with E-state index in [1.54, 1.807) is 6.08 Å². The molecule has 10 heavy (non-hydrogen) atoms. The Labute approximate surface area is 63.3 Å². The lowest BCUT2D eigenvalue weighted by atomic mass is 10.2. The normalized spacial score (nSPS) is 25.5. The van der Waals surface area contributed by atoms with Gasteiger partial charge in [-0.15, -0.1) is 11.8 Å². The number of hydrogen-bond acceptors (Lipinski definition) is 3. The molecule has 0 aromatic rings. The molecule has 0 saturated heterocycles. The minimum absolute atomic E-state index is 0.0683. The van der Waals surface area contributed by atoms with Crippen LogP contribution < -0.4 is 5.73 Å². The molecule has 0 fully saturated rings. The second-order valence-corrected chi connectivity index (χ2v) is 3.04. The maximum Gasteiger partial charge on any atom is 0.304 e. The summed E-state index contributed by atoms with van der Waals surface area (Å²) in [6.07, 6.45) is 1.86. The highest BCUT2D eigenvalue weighted by molar-refractivity contribution is 8.05. The van der Waals surface area contributed by atoms with Gasteiger partial charge in [-0.05, 0) is 5.41 Å². The quantitative estimate of drug-likeness (QED) is 0.617. The number of rotatable bonds is 2. The molecule has 1 heterocycles. The van der Waals surface area contributed by atoms with Crippen molar-refractivity contribution in [3.63, 3.8) is 0 Å². The number of carboxylic acids is 1. The molecule has 3 N–H and O–H groups in total. The van der Waals surface area contributed by atoms with E-state index >= 15 is 0 Å². The fourth-order valence-electron chi connectivity index (χ4n) is 0.706. The van der Waals surface area contributed by atoms with E-state index in [4.69, 9.17) is 10.8 Å². The van der Waals surface area contributed by atoms with Crippen LogP contribution in [0.15, 0.2) is 11.5 Å². The van der Waals surface area contributed by atoms with Gasteiger partial charge in [-0.1, -0.05) is 6.08 Å². The number of nitrogens with two attached hydrogens (primary N) is 1. The molecule has 1 aliphatic heterocycles. The van der Waals surface area contributed by atoms with Crippen molar-refractivity contribution in [2.45, 2.75) is 12.5 Å². The number of carboxylic acid groups (broad SMARTS) is 1. The zero-order valence-corrected chi connectivity index (χ0v) is 6.10. The molecule has 3 nitrogen and oxygen atoms in total. The van der Waals surface area contributed by atoms with Crippen LogP contribution in [0.2, 0.25) is 0 Å². The molecule has 0 saturated carbocycles. The van der Waals surface area contributed by atoms with E-state index in [0.29, 0.717) is 0 Å². The predicted molar refractivity (Wildman–Crippen MR) is 40.2 cm³/mol. The first-order valence-corrected chi connectivity index (χ1v) is 3.74. The van der Waals surface area contributed by atoms with Crippen molar-refractivity contribution in [1.29, 1.82) is 0 Å². The first-order chi connectivity index (χ1) is 4.70. The Balaban J connectivity index is 2.37. The molecule has 0 aliphatic carbocycles. The van der Waals surface area contributed by atoms with Gasteiger partial charge < -0.3 is 10.8 Å². The van der Waals surface area contributed by atoms with Crippen LogP contribution in [0, 0.1) is 5.25 Å². The fourth-order valence-corrected chi connectivity index (χ4v) is 1.57. The van der Waals surface area contributed by atoms with Crippen molar-refractivity contribution in [3.05, 3.63) is 16.7 Å². The third kappa shape index (κ3) is 1.75. The number of hydrogen-bond donors (Lipinski definition) is 2. The van der Waals surface area contributed by atoms with Crippen LogP contribution in [0.4, 0.5) is 0 Å². The van der Waals surface area contributed by atoms with Crippen LogP contribution in [-0.4, -0.2) is 17.1 Å². The number of carbonyl (C=O) groups is 1. The summed E-state index contributed by atoms with van der Waals surface area (Å²) in [5.74, 6) is -0.818. The topological polar surface area (TPSA) is 63.3 Å². The lowest BCUT2D eigenvalue weighted by Crippen LogP contribution is -2.22. The molecular weight excluding hydrogens is 150 g/mol. The Morgan fingerprint density at radius 2 is 2.60 bits per heavy atom. The summed E-state index contributed by atoms with van der Waals surface area (Å²) in [7, 11) is 0. The van der Waals surface area contributed by atoms with Gasteiger partial charge in [0.1, 0.15) is 0 Å². The Morgan fingerprint density at radius 3 is 3.00 bits per heavy atom. The van der Waals surface area contributed by atoms with Gasteiger partial charge in [-0.2, -0.15) is 0 Å². The average Bonchev–Trinajstić information content (AvgIpc) is 2.15. The van der Waals surface area contributed by atoms with Crippen LogP contribution in [0.5, 0.6) is 0 Å². The minimum atomic E-state index is -0.818. The highest BCUT2D eigenvalue weighted by Gasteiger charge is 2.23. The lowest BCUT2D eigenvalue weighted by molar-refractivity contribution is -0.136. The second-order valence-electron chi connectivity index (χ2n) is 2.01. The zero-order valence-electron chi connectivity index (χ0n) is 5.28. The molecule has 4 heteroatoms. The van der Waals surface area contributed by atoms with Crippen LogP contribution in [0.1, 0.15) is 6.42 Å². The Morgan fingerprint density at radius 1 is 1.90 bits per heavy atom. The van der Waals surface area contributed by atoms with Gasteiger partial charge in [0.15, 0.2) is 0 Å². The molecule has 0 amide bonds. The molecular formula is C6H8NO2S. The van der Waals surface area contributed by atoms with E-state index in [1.807, 2.05) is 5.41 Å². The van der Waals surface area contributed by atoms with E-state index in [9.17, 15) is 4.79 Å². The highest BCUT2D eigenvalue weighted by Crippen LogP contribution is 2.32. The lowest BCUT2D eigenvalue weighted by Gasteiger charge is -2.08. The molecule has 1 atom stereocenters. The van der Waals surface area contributed by atoms with Gasteiger partial charge >= 0.3 is 5.97 Å². The van der Waals surface area contributed by atoms with Crippen LogP contribution in [0.25, 0.3) is 0 Å². The van der Waals surface area contributed by atoms with Gasteiger partial charge in [0.25, 0.3) is 0 Å². The smallest absolute Gasteiger partial charge is 0.304 e. The van der Waals surface area contributed by atoms with Gasteiger partial charge in [0, 0.05) is 6.04 Å². The van der Waals surface area contributed by atoms with E-state index in [-0.39, 0.29) is 12.5 Å². The summed E-state index contributed by atoms with van der Waals surface area (Å²) >= 11 is 1.41. The van der Waals surface area contributed by atoms with Gasteiger partial charge in [0.05, 0.1) is 11.7 Å². The van der Waals surface area contributed by atoms with E-state index in [1.165, 1.54) is 11.8 Å². The second kappa shape index (κ2) is 3.07. The summed E-state index contributed by atoms with van der Waals surface area (Å²) in [5.41, 5.74) is 5.52. The fraction of sp³-hybridized carbons (Fsp3) is 0.333. The summed E-state index contributed by atoms with van der Waals surface area (Å²) in [6, 6.07) is -0.166. The summed E-state index contributed by atoms with van der Waals surface area (Å²) in [5, 5.41) is 11.0. The van der Waals surface area contributed by atoms with Crippen molar-refractivity contribution < 1.29 is 9.90 Å². The number of aliphatic carboxylic acids is 1. The Bertz CT molecular complexity index is 169. The maximum atomic E-state index is 10.2. The molecule has 55 valence electrons. The first kappa shape index (κ1) is 7.63. The first-order valence-electron chi connectivity index (χ1n) is 2.86. The third-order valence-corrected chi connectivity index (χ3v) is 2.22. The van der Waals surface area contributed by atoms with E-state index in [0.717, 1.165) is 5.25 Å². The average molecular weight is 158 g/mol. The van der Waals surface area contributed by atoms with Crippen LogP contribution in [-0.2, 0) is 4.79 Å². The largest absolute Gasteiger partial charge is 0.481 e. The molecule has 1 aliphatic rings. The molecule has 1 radical (unpaired) electrons. The van der Waals surface area contributed by atoms with Crippen molar-refractivity contribution in [3.8, 4) is 0 Å². The molecule has 1 unspecified atom stereocenters. The van der Waals surface area contributed by atoms with E-state index < -0.39 is 5.97 Å². The Kier molecular flexibility index (Phi) is 2.34. The van der Waals surface area contributed by atoms with Crippen molar-refractivity contribution in [1.82, 2.24) is 0 Å². The minimum Gasteiger partial charge on any atom is -0.481 e. The van der Waals surface area contributed by atoms with Crippen molar-refractivity contribution in [2.75, 3.05) is 0 Å². The van der Waals surface area contributed by atoms with Gasteiger partial charge in [0.2, 0.25) is 0 Å². The zero-order chi connectivity index (χ0) is 7.56. The molecule has 1 rings (SSSR count). The highest BCUT2D eigenvalue weighted by atomic mass is 32.2. The maximum absolute atomic E-state index is 10.2. The number of thioether (sulfide) groups is 1. The molecule has 0 aromatic heterocycles. The monoisotopic (exact) mass is 158 g/mol. The molecule has 0 spiro atoms. The SMILES string of the molecule is NC1C=CS[C]1CC(=O)O. The van der Waals surface area contributed by atoms with Gasteiger partial charge in [-0.3, -0.25) is 4.79 Å².